The van der Waals surface area contributed by atoms with Crippen LogP contribution in [0.1, 0.15) is 10.4 Å². The van der Waals surface area contributed by atoms with Gasteiger partial charge in [-0.3, -0.25) is 9.52 Å². The fourth-order valence-electron chi connectivity index (χ4n) is 1.62. The number of nitrogens with one attached hydrogen (secondary N) is 1. The normalized spacial score (nSPS) is 11.1. The van der Waals surface area contributed by atoms with Crippen molar-refractivity contribution in [3.8, 4) is 5.75 Å². The van der Waals surface area contributed by atoms with E-state index < -0.39 is 15.9 Å². The van der Waals surface area contributed by atoms with Gasteiger partial charge in [-0.1, -0.05) is 15.9 Å². The second kappa shape index (κ2) is 6.04. The predicted octanol–water partition coefficient (Wildman–Crippen LogP) is 2.42. The van der Waals surface area contributed by atoms with Crippen LogP contribution in [0.2, 0.25) is 0 Å². The second-order valence-corrected chi connectivity index (χ2v) is 7.41. The van der Waals surface area contributed by atoms with Crippen LogP contribution in [0.3, 0.4) is 0 Å². The lowest BCUT2D eigenvalue weighted by atomic mass is 10.3. The molecule has 2 rings (SSSR count). The van der Waals surface area contributed by atoms with Crippen molar-refractivity contribution < 1.29 is 17.9 Å². The van der Waals surface area contributed by atoms with E-state index in [4.69, 9.17) is 10.5 Å². The third-order valence-corrected chi connectivity index (χ3v) is 5.40. The molecule has 0 aliphatic rings. The molecule has 0 aliphatic carbocycles. The van der Waals surface area contributed by atoms with Gasteiger partial charge in [-0.05, 0) is 29.6 Å². The van der Waals surface area contributed by atoms with E-state index in [-0.39, 0.29) is 21.2 Å². The number of hydrogen-bond acceptors (Lipinski definition) is 5. The van der Waals surface area contributed by atoms with Crippen molar-refractivity contribution >= 4 is 48.2 Å². The maximum atomic E-state index is 12.4. The van der Waals surface area contributed by atoms with Crippen LogP contribution in [0, 0.1) is 0 Å². The van der Waals surface area contributed by atoms with E-state index in [1.807, 2.05) is 0 Å². The minimum atomic E-state index is -3.91. The van der Waals surface area contributed by atoms with Gasteiger partial charge in [0.1, 0.15) is 15.6 Å². The zero-order valence-corrected chi connectivity index (χ0v) is 14.0. The van der Waals surface area contributed by atoms with Gasteiger partial charge < -0.3 is 10.5 Å². The molecule has 0 saturated heterocycles. The van der Waals surface area contributed by atoms with Gasteiger partial charge in [0.05, 0.1) is 12.7 Å². The van der Waals surface area contributed by atoms with Gasteiger partial charge in [-0.15, -0.1) is 11.3 Å². The molecule has 0 fully saturated rings. The molecule has 0 spiro atoms. The summed E-state index contributed by atoms with van der Waals surface area (Å²) < 4.78 is 32.9. The summed E-state index contributed by atoms with van der Waals surface area (Å²) in [7, 11) is -2.53. The highest BCUT2D eigenvalue weighted by Crippen LogP contribution is 2.31. The Bertz CT molecular complexity index is 786. The molecule has 0 unspecified atom stereocenters. The smallest absolute Gasteiger partial charge is 0.266 e. The van der Waals surface area contributed by atoms with Crippen LogP contribution < -0.4 is 15.2 Å². The Kier molecular flexibility index (Phi) is 4.55. The highest BCUT2D eigenvalue weighted by molar-refractivity contribution is 9.10. The molecule has 3 N–H and O–H groups in total. The highest BCUT2D eigenvalue weighted by Gasteiger charge is 2.22. The molecule has 0 saturated carbocycles. The molecule has 1 aromatic carbocycles. The quantitative estimate of drug-likeness (QED) is 0.818. The van der Waals surface area contributed by atoms with E-state index in [1.165, 1.54) is 25.3 Å². The lowest BCUT2D eigenvalue weighted by Gasteiger charge is -2.11. The van der Waals surface area contributed by atoms with Crippen LogP contribution in [-0.2, 0) is 10.0 Å². The second-order valence-electron chi connectivity index (χ2n) is 3.93. The number of halogens is 1. The molecule has 6 nitrogen and oxygen atoms in total. The van der Waals surface area contributed by atoms with Gasteiger partial charge in [0, 0.05) is 4.47 Å². The first-order chi connectivity index (χ1) is 9.85. The van der Waals surface area contributed by atoms with Crippen LogP contribution in [0.15, 0.2) is 39.0 Å². The predicted molar refractivity (Wildman–Crippen MR) is 84.3 cm³/mol. The van der Waals surface area contributed by atoms with E-state index in [9.17, 15) is 13.2 Å². The van der Waals surface area contributed by atoms with Gasteiger partial charge in [0.25, 0.3) is 15.9 Å². The SMILES string of the molecule is COc1ccc(Br)cc1S(=O)(=O)Nc1sccc1C(N)=O. The minimum Gasteiger partial charge on any atom is -0.495 e. The van der Waals surface area contributed by atoms with Crippen LogP contribution in [0.25, 0.3) is 0 Å². The van der Waals surface area contributed by atoms with Crippen molar-refractivity contribution in [2.75, 3.05) is 11.8 Å². The van der Waals surface area contributed by atoms with Crippen LogP contribution >= 0.6 is 27.3 Å². The molecular formula is C12H11BrN2O4S2. The summed E-state index contributed by atoms with van der Waals surface area (Å²) in [5.74, 6) is -0.502. The van der Waals surface area contributed by atoms with Crippen molar-refractivity contribution in [1.29, 1.82) is 0 Å². The number of carbonyl (C=O) groups excluding carboxylic acids is 1. The standard InChI is InChI=1S/C12H11BrN2O4S2/c1-19-9-3-2-7(13)6-10(9)21(17,18)15-12-8(11(14)16)4-5-20-12/h2-6,15H,1H3,(H2,14,16). The van der Waals surface area contributed by atoms with Crippen molar-refractivity contribution in [2.45, 2.75) is 4.90 Å². The first kappa shape index (κ1) is 15.8. The third-order valence-electron chi connectivity index (χ3n) is 2.57. The molecule has 1 aromatic heterocycles. The molecule has 0 aliphatic heterocycles. The number of amides is 1. The van der Waals surface area contributed by atoms with E-state index in [0.29, 0.717) is 4.47 Å². The number of rotatable bonds is 5. The number of carbonyl (C=O) groups is 1. The zero-order chi connectivity index (χ0) is 15.6. The number of methoxy groups -OCH3 is 1. The maximum absolute atomic E-state index is 12.4. The first-order valence-electron chi connectivity index (χ1n) is 5.59. The van der Waals surface area contributed by atoms with E-state index in [2.05, 4.69) is 20.7 Å². The van der Waals surface area contributed by atoms with E-state index in [0.717, 1.165) is 11.3 Å². The maximum Gasteiger partial charge on any atom is 0.266 e. The van der Waals surface area contributed by atoms with Crippen molar-refractivity contribution in [1.82, 2.24) is 0 Å². The average molecular weight is 391 g/mol. The third kappa shape index (κ3) is 3.36. The molecular weight excluding hydrogens is 380 g/mol. The van der Waals surface area contributed by atoms with Crippen molar-refractivity contribution in [3.63, 3.8) is 0 Å². The Balaban J connectivity index is 2.46. The fourth-order valence-corrected chi connectivity index (χ4v) is 4.45. The number of nitrogens with two attached hydrogens (primary N) is 1. The van der Waals surface area contributed by atoms with Gasteiger partial charge in [0.15, 0.2) is 0 Å². The first-order valence-corrected chi connectivity index (χ1v) is 8.74. The summed E-state index contributed by atoms with van der Waals surface area (Å²) in [5, 5.41) is 1.75. The topological polar surface area (TPSA) is 98.5 Å². The number of primary amides is 1. The number of thiophene rings is 1. The van der Waals surface area contributed by atoms with Crippen molar-refractivity contribution in [3.05, 3.63) is 39.7 Å². The number of benzene rings is 1. The molecule has 0 atom stereocenters. The summed E-state index contributed by atoms with van der Waals surface area (Å²) in [6.45, 7) is 0. The zero-order valence-electron chi connectivity index (χ0n) is 10.8. The largest absolute Gasteiger partial charge is 0.495 e. The summed E-state index contributed by atoms with van der Waals surface area (Å²) in [4.78, 5) is 11.2. The van der Waals surface area contributed by atoms with Gasteiger partial charge >= 0.3 is 0 Å². The van der Waals surface area contributed by atoms with Crippen molar-refractivity contribution in [2.24, 2.45) is 5.73 Å². The Labute approximate surface area is 134 Å². The number of anilines is 1. The van der Waals surface area contributed by atoms with E-state index >= 15 is 0 Å². The molecule has 112 valence electrons. The molecule has 21 heavy (non-hydrogen) atoms. The monoisotopic (exact) mass is 390 g/mol. The molecule has 9 heteroatoms. The fraction of sp³-hybridized carbons (Fsp3) is 0.0833. The summed E-state index contributed by atoms with van der Waals surface area (Å²) in [6, 6.07) is 6.07. The average Bonchev–Trinajstić information content (AvgIpc) is 2.86. The van der Waals surface area contributed by atoms with Crippen LogP contribution in [0.4, 0.5) is 5.00 Å². The number of hydrogen-bond donors (Lipinski definition) is 2. The van der Waals surface area contributed by atoms with Gasteiger partial charge in [-0.25, -0.2) is 8.42 Å². The Morgan fingerprint density at radius 1 is 1.38 bits per heavy atom. The Morgan fingerprint density at radius 3 is 2.71 bits per heavy atom. The Morgan fingerprint density at radius 2 is 2.10 bits per heavy atom. The summed E-state index contributed by atoms with van der Waals surface area (Å²) in [5.41, 5.74) is 5.32. The lowest BCUT2D eigenvalue weighted by Crippen LogP contribution is -2.17. The summed E-state index contributed by atoms with van der Waals surface area (Å²) >= 11 is 4.29. The van der Waals surface area contributed by atoms with Gasteiger partial charge in [-0.2, -0.15) is 0 Å². The molecule has 1 amide bonds. The highest BCUT2D eigenvalue weighted by atomic mass is 79.9. The van der Waals surface area contributed by atoms with Crippen LogP contribution in [0.5, 0.6) is 5.75 Å². The minimum absolute atomic E-state index is 0.0387. The molecule has 0 radical (unpaired) electrons. The van der Waals surface area contributed by atoms with Gasteiger partial charge in [0.2, 0.25) is 0 Å². The number of ether oxygens (including phenoxy) is 1. The molecule has 2 aromatic rings. The molecule has 1 heterocycles. The number of sulfonamides is 1. The van der Waals surface area contributed by atoms with E-state index in [1.54, 1.807) is 11.4 Å². The summed E-state index contributed by atoms with van der Waals surface area (Å²) in [6.07, 6.45) is 0. The lowest BCUT2D eigenvalue weighted by molar-refractivity contribution is 0.100. The van der Waals surface area contributed by atoms with Crippen LogP contribution in [-0.4, -0.2) is 21.4 Å². The Hall–Kier alpha value is -1.58. The molecule has 0 bridgehead atoms.